The highest BCUT2D eigenvalue weighted by molar-refractivity contribution is 6.33. The van der Waals surface area contributed by atoms with E-state index in [4.69, 9.17) is 18.9 Å². The van der Waals surface area contributed by atoms with Crippen LogP contribution in [0.5, 0.6) is 23.0 Å². The van der Waals surface area contributed by atoms with Crippen molar-refractivity contribution >= 4 is 34.9 Å². The molecule has 0 radical (unpaired) electrons. The van der Waals surface area contributed by atoms with E-state index in [0.29, 0.717) is 24.7 Å². The molecule has 0 spiro atoms. The van der Waals surface area contributed by atoms with Gasteiger partial charge in [0.2, 0.25) is 11.6 Å². The first-order chi connectivity index (χ1) is 28.0. The minimum atomic E-state index is -1.22. The van der Waals surface area contributed by atoms with Gasteiger partial charge < -0.3 is 18.9 Å². The molecule has 0 amide bonds. The van der Waals surface area contributed by atoms with Crippen LogP contribution in [0, 0.1) is 20.2 Å². The summed E-state index contributed by atoms with van der Waals surface area (Å²) in [5.41, 5.74) is -4.59. The lowest BCUT2D eigenvalue weighted by atomic mass is 9.81. The number of hydrogen-bond acceptors (Lipinski definition) is 12. The van der Waals surface area contributed by atoms with Crippen LogP contribution < -0.4 is 18.9 Å². The lowest BCUT2D eigenvalue weighted by Crippen LogP contribution is -2.26. The molecule has 0 saturated heterocycles. The molecule has 0 N–H and O–H groups in total. The second-order valence-electron chi connectivity index (χ2n) is 13.9. The number of benzene rings is 4. The molecule has 0 saturated carbocycles. The lowest BCUT2D eigenvalue weighted by Gasteiger charge is -2.21. The molecular weight excluding hydrogens is 748 g/mol. The Labute approximate surface area is 335 Å². The fourth-order valence-electron chi connectivity index (χ4n) is 6.62. The maximum absolute atomic E-state index is 14.2. The van der Waals surface area contributed by atoms with Crippen molar-refractivity contribution in [2.24, 2.45) is 0 Å². The first-order valence-electron chi connectivity index (χ1n) is 19.7. The van der Waals surface area contributed by atoms with E-state index in [1.807, 2.05) is 0 Å². The van der Waals surface area contributed by atoms with Gasteiger partial charge in [0.1, 0.15) is 34.1 Å². The SMILES string of the molecule is CCCCCCCCOc1ccc(C(=O)Oc2ccc([N+](=O)[O-])c3c2C(=O)c2c([N+](=O)[O-])ccc(OC(=O)c4ccc(OCCCCCCCC)cc4)c2C3=O)cc1. The second-order valence-corrected chi connectivity index (χ2v) is 13.9. The minimum absolute atomic E-state index is 0.0339. The van der Waals surface area contributed by atoms with Crippen LogP contribution in [0.1, 0.15) is 143 Å². The number of ether oxygens (including phenoxy) is 4. The van der Waals surface area contributed by atoms with Crippen molar-refractivity contribution in [2.45, 2.75) is 90.9 Å². The molecule has 5 rings (SSSR count). The summed E-state index contributed by atoms with van der Waals surface area (Å²) >= 11 is 0. The Morgan fingerprint density at radius 2 is 0.828 bits per heavy atom. The third-order valence-corrected chi connectivity index (χ3v) is 9.71. The van der Waals surface area contributed by atoms with E-state index in [9.17, 15) is 39.4 Å². The molecule has 304 valence electrons. The summed E-state index contributed by atoms with van der Waals surface area (Å²) in [5.74, 6) is -4.41. The molecule has 14 heteroatoms. The molecule has 0 fully saturated rings. The number of nitrogens with zero attached hydrogens (tertiary/aromatic N) is 2. The predicted octanol–water partition coefficient (Wildman–Crippen LogP) is 10.2. The Morgan fingerprint density at radius 3 is 1.17 bits per heavy atom. The van der Waals surface area contributed by atoms with Crippen molar-refractivity contribution in [2.75, 3.05) is 13.2 Å². The fraction of sp³-hybridized carbons (Fsp3) is 0.364. The number of carbonyl (C=O) groups is 4. The monoisotopic (exact) mass is 794 g/mol. The normalized spacial score (nSPS) is 11.7. The van der Waals surface area contributed by atoms with Gasteiger partial charge in [0, 0.05) is 12.1 Å². The average molecular weight is 795 g/mol. The molecule has 0 atom stereocenters. The zero-order valence-corrected chi connectivity index (χ0v) is 32.6. The van der Waals surface area contributed by atoms with Gasteiger partial charge in [-0.3, -0.25) is 29.8 Å². The van der Waals surface area contributed by atoms with Crippen molar-refractivity contribution < 1.29 is 48.0 Å². The van der Waals surface area contributed by atoms with Gasteiger partial charge in [-0.1, -0.05) is 78.1 Å². The van der Waals surface area contributed by atoms with Crippen LogP contribution in [0.2, 0.25) is 0 Å². The zero-order valence-electron chi connectivity index (χ0n) is 32.6. The first kappa shape index (κ1) is 42.7. The van der Waals surface area contributed by atoms with Gasteiger partial charge in [0.05, 0.1) is 45.3 Å². The molecule has 4 aromatic carbocycles. The summed E-state index contributed by atoms with van der Waals surface area (Å²) in [6.45, 7) is 5.30. The topological polar surface area (TPSA) is 191 Å². The number of fused-ring (bicyclic) bond motifs is 2. The van der Waals surface area contributed by atoms with E-state index in [1.54, 1.807) is 24.3 Å². The highest BCUT2D eigenvalue weighted by atomic mass is 16.6. The summed E-state index contributed by atoms with van der Waals surface area (Å²) < 4.78 is 22.6. The van der Waals surface area contributed by atoms with Gasteiger partial charge in [-0.05, 0) is 73.5 Å². The van der Waals surface area contributed by atoms with Gasteiger partial charge in [-0.15, -0.1) is 0 Å². The summed E-state index contributed by atoms with van der Waals surface area (Å²) in [6.07, 6.45) is 13.1. The summed E-state index contributed by atoms with van der Waals surface area (Å²) in [6, 6.07) is 15.7. The Hall–Kier alpha value is -6.44. The van der Waals surface area contributed by atoms with Gasteiger partial charge in [0.15, 0.2) is 0 Å². The molecule has 58 heavy (non-hydrogen) atoms. The number of unbranched alkanes of at least 4 members (excludes halogenated alkanes) is 10. The van der Waals surface area contributed by atoms with Gasteiger partial charge in [-0.25, -0.2) is 9.59 Å². The summed E-state index contributed by atoms with van der Waals surface area (Å²) in [4.78, 5) is 77.6. The van der Waals surface area contributed by atoms with E-state index in [2.05, 4.69) is 13.8 Å². The van der Waals surface area contributed by atoms with Crippen molar-refractivity contribution in [3.8, 4) is 23.0 Å². The second kappa shape index (κ2) is 20.6. The van der Waals surface area contributed by atoms with E-state index < -0.39 is 78.5 Å². The van der Waals surface area contributed by atoms with Crippen LogP contribution in [0.15, 0.2) is 72.8 Å². The van der Waals surface area contributed by atoms with Crippen LogP contribution in [0.4, 0.5) is 11.4 Å². The van der Waals surface area contributed by atoms with Crippen molar-refractivity contribution in [3.05, 3.63) is 126 Å². The maximum atomic E-state index is 14.2. The number of esters is 2. The highest BCUT2D eigenvalue weighted by Gasteiger charge is 2.44. The molecule has 0 heterocycles. The number of ketones is 2. The highest BCUT2D eigenvalue weighted by Crippen LogP contribution is 2.44. The van der Waals surface area contributed by atoms with Crippen LogP contribution in [0.3, 0.4) is 0 Å². The van der Waals surface area contributed by atoms with Crippen molar-refractivity contribution in [3.63, 3.8) is 0 Å². The molecule has 0 aliphatic heterocycles. The average Bonchev–Trinajstić information content (AvgIpc) is 3.22. The van der Waals surface area contributed by atoms with E-state index in [1.165, 1.54) is 49.9 Å². The smallest absolute Gasteiger partial charge is 0.343 e. The number of nitro benzene ring substituents is 2. The molecule has 14 nitrogen and oxygen atoms in total. The zero-order chi connectivity index (χ0) is 41.6. The fourth-order valence-corrected chi connectivity index (χ4v) is 6.62. The van der Waals surface area contributed by atoms with E-state index in [0.717, 1.165) is 75.6 Å². The van der Waals surface area contributed by atoms with Crippen LogP contribution in [0.25, 0.3) is 0 Å². The molecule has 0 bridgehead atoms. The summed E-state index contributed by atoms with van der Waals surface area (Å²) in [5, 5.41) is 24.4. The number of carbonyl (C=O) groups excluding carboxylic acids is 4. The Bertz CT molecular complexity index is 1990. The van der Waals surface area contributed by atoms with E-state index in [-0.39, 0.29) is 11.1 Å². The third kappa shape index (κ3) is 10.5. The number of nitro groups is 2. The minimum Gasteiger partial charge on any atom is -0.494 e. The lowest BCUT2D eigenvalue weighted by molar-refractivity contribution is -0.385. The Kier molecular flexibility index (Phi) is 15.2. The van der Waals surface area contributed by atoms with Crippen LogP contribution >= 0.6 is 0 Å². The van der Waals surface area contributed by atoms with Crippen LogP contribution in [-0.2, 0) is 0 Å². The Morgan fingerprint density at radius 1 is 0.483 bits per heavy atom. The first-order valence-corrected chi connectivity index (χ1v) is 19.7. The predicted molar refractivity (Wildman–Crippen MR) is 214 cm³/mol. The molecule has 1 aliphatic rings. The third-order valence-electron chi connectivity index (χ3n) is 9.71. The maximum Gasteiger partial charge on any atom is 0.343 e. The molecule has 1 aliphatic carbocycles. The van der Waals surface area contributed by atoms with Crippen molar-refractivity contribution in [1.29, 1.82) is 0 Å². The summed E-state index contributed by atoms with van der Waals surface area (Å²) in [7, 11) is 0. The standard InChI is InChI=1S/C44H46N2O12/c1-3-5-7-9-11-13-27-55-31-19-15-29(16-20-31)43(49)57-35-25-23-33(45(51)52)37-39(35)41(47)38-34(46(53)54)24-26-36(40(38)42(37)48)58-44(50)30-17-21-32(22-18-30)56-28-14-12-10-8-6-4-2/h15-26H,3-14,27-28H2,1-2H3. The van der Waals surface area contributed by atoms with Crippen molar-refractivity contribution in [1.82, 2.24) is 0 Å². The Balaban J connectivity index is 1.36. The number of hydrogen-bond donors (Lipinski definition) is 0. The molecule has 4 aromatic rings. The largest absolute Gasteiger partial charge is 0.494 e. The van der Waals surface area contributed by atoms with Gasteiger partial charge in [0.25, 0.3) is 11.4 Å². The molecule has 0 unspecified atom stereocenters. The van der Waals surface area contributed by atoms with Gasteiger partial charge >= 0.3 is 11.9 Å². The quantitative estimate of drug-likeness (QED) is 0.0212. The number of rotatable bonds is 22. The van der Waals surface area contributed by atoms with Gasteiger partial charge in [-0.2, -0.15) is 0 Å². The molecular formula is C44H46N2O12. The molecule has 0 aromatic heterocycles. The van der Waals surface area contributed by atoms with E-state index >= 15 is 0 Å². The van der Waals surface area contributed by atoms with Crippen LogP contribution in [-0.4, -0.2) is 46.6 Å².